The molecule has 0 radical (unpaired) electrons. The highest BCUT2D eigenvalue weighted by molar-refractivity contribution is 5.89. The Hall–Kier alpha value is -3.16. The molecular formula is C27H24O. The van der Waals surface area contributed by atoms with Crippen LogP contribution < -0.4 is 0 Å². The van der Waals surface area contributed by atoms with Gasteiger partial charge >= 0.3 is 0 Å². The molecular weight excluding hydrogens is 340 g/mol. The van der Waals surface area contributed by atoms with Gasteiger partial charge in [0.05, 0.1) is 6.10 Å². The van der Waals surface area contributed by atoms with Gasteiger partial charge in [-0.1, -0.05) is 97.9 Å². The van der Waals surface area contributed by atoms with Gasteiger partial charge in [0.2, 0.25) is 0 Å². The molecule has 0 heterocycles. The average Bonchev–Trinajstić information content (AvgIpc) is 2.79. The molecule has 4 aromatic carbocycles. The number of hydrogen-bond acceptors (Lipinski definition) is 1. The minimum atomic E-state index is -0.513. The van der Waals surface area contributed by atoms with Gasteiger partial charge in [-0.2, -0.15) is 0 Å². The van der Waals surface area contributed by atoms with Gasteiger partial charge in [-0.15, -0.1) is 0 Å². The molecule has 1 atom stereocenters. The lowest BCUT2D eigenvalue weighted by Crippen LogP contribution is -2.01. The van der Waals surface area contributed by atoms with Crippen LogP contribution in [-0.2, 0) is 0 Å². The summed E-state index contributed by atoms with van der Waals surface area (Å²) >= 11 is 0. The van der Waals surface area contributed by atoms with E-state index in [9.17, 15) is 5.11 Å². The van der Waals surface area contributed by atoms with Crippen molar-refractivity contribution < 1.29 is 5.11 Å². The molecule has 138 valence electrons. The predicted molar refractivity (Wildman–Crippen MR) is 118 cm³/mol. The summed E-state index contributed by atoms with van der Waals surface area (Å²) in [6, 6.07) is 35.6. The number of benzene rings is 4. The van der Waals surface area contributed by atoms with E-state index < -0.39 is 6.10 Å². The Kier molecular flexibility index (Phi) is 5.36. The van der Waals surface area contributed by atoms with Gasteiger partial charge in [0.15, 0.2) is 0 Å². The second-order valence-electron chi connectivity index (χ2n) is 7.01. The third kappa shape index (κ3) is 3.62. The maximum absolute atomic E-state index is 10.9. The zero-order chi connectivity index (χ0) is 19.3. The van der Waals surface area contributed by atoms with Crippen molar-refractivity contribution in [2.24, 2.45) is 0 Å². The summed E-state index contributed by atoms with van der Waals surface area (Å²) in [5.41, 5.74) is 7.81. The Morgan fingerprint density at radius 1 is 0.607 bits per heavy atom. The van der Waals surface area contributed by atoms with Gasteiger partial charge in [0, 0.05) is 0 Å². The molecule has 0 fully saturated rings. The van der Waals surface area contributed by atoms with Crippen LogP contribution in [0.15, 0.2) is 103 Å². The molecule has 1 heteroatoms. The van der Waals surface area contributed by atoms with E-state index in [1.165, 1.54) is 0 Å². The summed E-state index contributed by atoms with van der Waals surface area (Å²) in [6.45, 7) is 2.02. The molecule has 0 bridgehead atoms. The van der Waals surface area contributed by atoms with Crippen LogP contribution in [0.1, 0.15) is 25.0 Å². The van der Waals surface area contributed by atoms with E-state index in [1.807, 2.05) is 25.1 Å². The lowest BCUT2D eigenvalue weighted by atomic mass is 9.85. The van der Waals surface area contributed by atoms with E-state index in [4.69, 9.17) is 0 Å². The van der Waals surface area contributed by atoms with Crippen LogP contribution >= 0.6 is 0 Å². The summed E-state index contributed by atoms with van der Waals surface area (Å²) in [5, 5.41) is 10.9. The van der Waals surface area contributed by atoms with Crippen molar-refractivity contribution in [3.05, 3.63) is 109 Å². The van der Waals surface area contributed by atoms with Crippen LogP contribution in [0.5, 0.6) is 0 Å². The minimum absolute atomic E-state index is 0.513. The monoisotopic (exact) mass is 364 g/mol. The molecule has 0 aliphatic rings. The molecule has 4 aromatic rings. The smallest absolute Gasteiger partial charge is 0.0793 e. The lowest BCUT2D eigenvalue weighted by Gasteiger charge is -2.21. The summed E-state index contributed by atoms with van der Waals surface area (Å²) in [7, 11) is 0. The Morgan fingerprint density at radius 3 is 1.64 bits per heavy atom. The molecule has 1 N–H and O–H groups in total. The highest BCUT2D eigenvalue weighted by Crippen LogP contribution is 2.41. The number of aliphatic hydroxyl groups is 1. The first-order valence-electron chi connectivity index (χ1n) is 9.80. The quantitative estimate of drug-likeness (QED) is 0.399. The van der Waals surface area contributed by atoms with E-state index in [2.05, 4.69) is 84.9 Å². The summed E-state index contributed by atoms with van der Waals surface area (Å²) in [6.07, 6.45) is 0.160. The van der Waals surface area contributed by atoms with Crippen molar-refractivity contribution >= 4 is 0 Å². The lowest BCUT2D eigenvalue weighted by molar-refractivity contribution is 0.174. The third-order valence-corrected chi connectivity index (χ3v) is 5.17. The number of hydrogen-bond donors (Lipinski definition) is 1. The topological polar surface area (TPSA) is 20.2 Å². The molecule has 4 rings (SSSR count). The summed E-state index contributed by atoms with van der Waals surface area (Å²) in [5.74, 6) is 0. The predicted octanol–water partition coefficient (Wildman–Crippen LogP) is 7.13. The van der Waals surface area contributed by atoms with Crippen molar-refractivity contribution in [2.75, 3.05) is 0 Å². The molecule has 28 heavy (non-hydrogen) atoms. The van der Waals surface area contributed by atoms with Crippen LogP contribution in [0.25, 0.3) is 33.4 Å². The van der Waals surface area contributed by atoms with Crippen LogP contribution in [0.2, 0.25) is 0 Å². The maximum atomic E-state index is 10.9. The molecule has 0 unspecified atom stereocenters. The van der Waals surface area contributed by atoms with Crippen molar-refractivity contribution in [1.29, 1.82) is 0 Å². The van der Waals surface area contributed by atoms with Gasteiger partial charge in [0.1, 0.15) is 0 Å². The molecule has 0 aliphatic heterocycles. The summed E-state index contributed by atoms with van der Waals surface area (Å²) < 4.78 is 0. The Bertz CT molecular complexity index is 1040. The molecule has 0 spiro atoms. The first-order valence-corrected chi connectivity index (χ1v) is 9.80. The van der Waals surface area contributed by atoms with Crippen LogP contribution in [0.3, 0.4) is 0 Å². The largest absolute Gasteiger partial charge is 0.388 e. The average molecular weight is 364 g/mol. The fourth-order valence-corrected chi connectivity index (χ4v) is 3.72. The third-order valence-electron chi connectivity index (χ3n) is 5.17. The standard InChI is InChI=1S/C27H24O/c1-2-26(28)25-19-23(20-12-6-3-7-13-20)18-24(21-14-8-4-9-15-21)27(25)22-16-10-5-11-17-22/h3-19,26,28H,2H2,1H3/t26-/m0/s1. The zero-order valence-electron chi connectivity index (χ0n) is 16.0. The minimum Gasteiger partial charge on any atom is -0.388 e. The van der Waals surface area contributed by atoms with Crippen molar-refractivity contribution in [3.8, 4) is 33.4 Å². The molecule has 0 amide bonds. The molecule has 1 nitrogen and oxygen atoms in total. The number of rotatable bonds is 5. The fraction of sp³-hybridized carbons (Fsp3) is 0.111. The molecule has 0 aliphatic carbocycles. The summed E-state index contributed by atoms with van der Waals surface area (Å²) in [4.78, 5) is 0. The highest BCUT2D eigenvalue weighted by Gasteiger charge is 2.19. The number of aliphatic hydroxyl groups excluding tert-OH is 1. The second kappa shape index (κ2) is 8.24. The van der Waals surface area contributed by atoms with Crippen LogP contribution in [0.4, 0.5) is 0 Å². The normalized spacial score (nSPS) is 11.9. The van der Waals surface area contributed by atoms with Crippen LogP contribution in [-0.4, -0.2) is 5.11 Å². The van der Waals surface area contributed by atoms with Crippen molar-refractivity contribution in [3.63, 3.8) is 0 Å². The van der Waals surface area contributed by atoms with E-state index >= 15 is 0 Å². The Morgan fingerprint density at radius 2 is 1.11 bits per heavy atom. The second-order valence-corrected chi connectivity index (χ2v) is 7.01. The van der Waals surface area contributed by atoms with Gasteiger partial charge in [0.25, 0.3) is 0 Å². The maximum Gasteiger partial charge on any atom is 0.0793 e. The van der Waals surface area contributed by atoms with Gasteiger partial charge < -0.3 is 5.11 Å². The highest BCUT2D eigenvalue weighted by atomic mass is 16.3. The SMILES string of the molecule is CC[C@H](O)c1cc(-c2ccccc2)cc(-c2ccccc2)c1-c1ccccc1. The zero-order valence-corrected chi connectivity index (χ0v) is 16.0. The first-order chi connectivity index (χ1) is 13.8. The van der Waals surface area contributed by atoms with E-state index in [0.717, 1.165) is 38.9 Å². The van der Waals surface area contributed by atoms with Crippen molar-refractivity contribution in [1.82, 2.24) is 0 Å². The molecule has 0 saturated carbocycles. The first kappa shape index (κ1) is 18.2. The van der Waals surface area contributed by atoms with E-state index in [0.29, 0.717) is 6.42 Å². The van der Waals surface area contributed by atoms with Gasteiger partial charge in [-0.25, -0.2) is 0 Å². The van der Waals surface area contributed by atoms with E-state index in [1.54, 1.807) is 0 Å². The Labute approximate surface area is 166 Å². The van der Waals surface area contributed by atoms with Crippen molar-refractivity contribution in [2.45, 2.75) is 19.4 Å². The molecule has 0 aromatic heterocycles. The van der Waals surface area contributed by atoms with Gasteiger partial charge in [-0.05, 0) is 57.5 Å². The van der Waals surface area contributed by atoms with E-state index in [-0.39, 0.29) is 0 Å². The van der Waals surface area contributed by atoms with Crippen LogP contribution in [0, 0.1) is 0 Å². The fourth-order valence-electron chi connectivity index (χ4n) is 3.72. The van der Waals surface area contributed by atoms with Gasteiger partial charge in [-0.3, -0.25) is 0 Å². The molecule has 0 saturated heterocycles. The Balaban J connectivity index is 2.05.